The lowest BCUT2D eigenvalue weighted by atomic mass is 10.1. The molecule has 0 radical (unpaired) electrons. The number of aromatic nitrogens is 1. The third kappa shape index (κ3) is 4.19. The number of aryl methyl sites for hydroxylation is 1. The average Bonchev–Trinajstić information content (AvgIpc) is 3.17. The van der Waals surface area contributed by atoms with Crippen molar-refractivity contribution >= 4 is 40.2 Å². The van der Waals surface area contributed by atoms with E-state index in [0.717, 1.165) is 26.0 Å². The minimum atomic E-state index is -0.00204. The van der Waals surface area contributed by atoms with Crippen LogP contribution < -0.4 is 5.32 Å². The molecule has 0 fully saturated rings. The summed E-state index contributed by atoms with van der Waals surface area (Å²) in [6.45, 7) is 2.50. The lowest BCUT2D eigenvalue weighted by Crippen LogP contribution is -2.24. The van der Waals surface area contributed by atoms with E-state index in [1.165, 1.54) is 0 Å². The first-order valence-corrected chi connectivity index (χ1v) is 9.20. The third-order valence-corrected chi connectivity index (χ3v) is 5.80. The molecular weight excluding hydrogens is 348 g/mol. The molecule has 3 nitrogen and oxygen atoms in total. The lowest BCUT2D eigenvalue weighted by Gasteiger charge is -2.04. The van der Waals surface area contributed by atoms with Crippen molar-refractivity contribution in [1.29, 1.82) is 0 Å². The Kier molecular flexibility index (Phi) is 5.10. The number of benzene rings is 1. The second-order valence-corrected chi connectivity index (χ2v) is 7.55. The Morgan fingerprint density at radius 3 is 2.74 bits per heavy atom. The summed E-state index contributed by atoms with van der Waals surface area (Å²) in [5, 5.41) is 6.69. The Hall–Kier alpha value is -1.69. The normalized spacial score (nSPS) is 10.7. The molecule has 2 heterocycles. The van der Waals surface area contributed by atoms with Crippen molar-refractivity contribution in [1.82, 2.24) is 10.3 Å². The molecule has 3 aromatic rings. The van der Waals surface area contributed by atoms with Gasteiger partial charge in [-0.05, 0) is 36.1 Å². The Morgan fingerprint density at radius 2 is 2.04 bits per heavy atom. The van der Waals surface area contributed by atoms with Crippen LogP contribution >= 0.6 is 34.3 Å². The summed E-state index contributed by atoms with van der Waals surface area (Å²) >= 11 is 9.16. The minimum Gasteiger partial charge on any atom is -0.351 e. The van der Waals surface area contributed by atoms with Gasteiger partial charge in [0.05, 0.1) is 23.5 Å². The summed E-state index contributed by atoms with van der Waals surface area (Å²) in [7, 11) is 0. The van der Waals surface area contributed by atoms with E-state index in [1.807, 2.05) is 30.5 Å². The van der Waals surface area contributed by atoms with E-state index < -0.39 is 0 Å². The molecule has 0 aliphatic rings. The van der Waals surface area contributed by atoms with Crippen LogP contribution in [0.2, 0.25) is 5.02 Å². The molecule has 0 spiro atoms. The number of rotatable bonds is 5. The number of thiazole rings is 1. The fourth-order valence-electron chi connectivity index (χ4n) is 2.13. The molecule has 0 atom stereocenters. The van der Waals surface area contributed by atoms with Crippen molar-refractivity contribution in [3.05, 3.63) is 62.9 Å². The van der Waals surface area contributed by atoms with Gasteiger partial charge in [0, 0.05) is 9.90 Å². The summed E-state index contributed by atoms with van der Waals surface area (Å²) in [4.78, 5) is 18.9. The highest BCUT2D eigenvalue weighted by molar-refractivity contribution is 7.21. The molecule has 3 rings (SSSR count). The smallest absolute Gasteiger partial charge is 0.224 e. The van der Waals surface area contributed by atoms with E-state index in [-0.39, 0.29) is 5.91 Å². The van der Waals surface area contributed by atoms with Gasteiger partial charge in [-0.15, -0.1) is 22.7 Å². The number of amides is 1. The first-order chi connectivity index (χ1) is 11.1. The Labute approximate surface area is 148 Å². The van der Waals surface area contributed by atoms with Crippen LogP contribution in [0.25, 0.3) is 9.88 Å². The summed E-state index contributed by atoms with van der Waals surface area (Å²) in [5.41, 5.74) is 1.93. The summed E-state index contributed by atoms with van der Waals surface area (Å²) in [5.74, 6) is -0.00204. The number of carbonyl (C=O) groups is 1. The van der Waals surface area contributed by atoms with Crippen molar-refractivity contribution in [3.63, 3.8) is 0 Å². The molecule has 6 heteroatoms. The molecule has 0 aliphatic heterocycles. The highest BCUT2D eigenvalue weighted by Crippen LogP contribution is 2.30. The Balaban J connectivity index is 1.59. The van der Waals surface area contributed by atoms with Crippen molar-refractivity contribution in [2.45, 2.75) is 19.9 Å². The minimum absolute atomic E-state index is 0.00204. The molecule has 0 aliphatic carbocycles. The number of nitrogens with one attached hydrogen (secondary N) is 1. The zero-order valence-corrected chi connectivity index (χ0v) is 14.9. The first-order valence-electron chi connectivity index (χ1n) is 7.13. The molecule has 0 unspecified atom stereocenters. The van der Waals surface area contributed by atoms with Gasteiger partial charge in [0.15, 0.2) is 0 Å². The number of hydrogen-bond donors (Lipinski definition) is 1. The molecular formula is C17H15ClN2OS2. The number of halogens is 1. The molecule has 118 valence electrons. The van der Waals surface area contributed by atoms with Crippen molar-refractivity contribution in [3.8, 4) is 9.88 Å². The SMILES string of the molecule is Cc1nc(-c2cccs2)sc1CNC(=O)Cc1ccc(Cl)cc1. The van der Waals surface area contributed by atoms with Crippen LogP contribution in [0.1, 0.15) is 16.1 Å². The highest BCUT2D eigenvalue weighted by Gasteiger charge is 2.11. The predicted octanol–water partition coefficient (Wildman–Crippen LogP) is 4.69. The third-order valence-electron chi connectivity index (χ3n) is 3.35. The van der Waals surface area contributed by atoms with Gasteiger partial charge in [-0.2, -0.15) is 0 Å². The molecule has 2 aromatic heterocycles. The number of nitrogens with zero attached hydrogens (tertiary/aromatic N) is 1. The van der Waals surface area contributed by atoms with E-state index in [2.05, 4.69) is 16.4 Å². The molecule has 1 amide bonds. The standard InChI is InChI=1S/C17H15ClN2OS2/c1-11-15(23-17(20-11)14-3-2-8-22-14)10-19-16(21)9-12-4-6-13(18)7-5-12/h2-8H,9-10H2,1H3,(H,19,21). The lowest BCUT2D eigenvalue weighted by molar-refractivity contribution is -0.120. The summed E-state index contributed by atoms with van der Waals surface area (Å²) in [6, 6.07) is 11.4. The van der Waals surface area contributed by atoms with Crippen molar-refractivity contribution < 1.29 is 4.79 Å². The molecule has 1 N–H and O–H groups in total. The number of carbonyl (C=O) groups excluding carboxylic acids is 1. The molecule has 0 bridgehead atoms. The van der Waals surface area contributed by atoms with Crippen LogP contribution in [0.3, 0.4) is 0 Å². The quantitative estimate of drug-likeness (QED) is 0.715. The van der Waals surface area contributed by atoms with Gasteiger partial charge >= 0.3 is 0 Å². The van der Waals surface area contributed by atoms with E-state index in [1.54, 1.807) is 34.8 Å². The fraction of sp³-hybridized carbons (Fsp3) is 0.176. The van der Waals surface area contributed by atoms with Gasteiger partial charge in [0.25, 0.3) is 0 Å². The van der Waals surface area contributed by atoms with Gasteiger partial charge in [-0.3, -0.25) is 4.79 Å². The van der Waals surface area contributed by atoms with Crippen molar-refractivity contribution in [2.24, 2.45) is 0 Å². The van der Waals surface area contributed by atoms with Crippen LogP contribution in [0.4, 0.5) is 0 Å². The van der Waals surface area contributed by atoms with Gasteiger partial charge < -0.3 is 5.32 Å². The zero-order valence-electron chi connectivity index (χ0n) is 12.5. The van der Waals surface area contributed by atoms with E-state index in [4.69, 9.17) is 11.6 Å². The van der Waals surface area contributed by atoms with Crippen LogP contribution in [0.5, 0.6) is 0 Å². The van der Waals surface area contributed by atoms with E-state index >= 15 is 0 Å². The number of thiophene rings is 1. The van der Waals surface area contributed by atoms with Crippen LogP contribution in [-0.2, 0) is 17.8 Å². The van der Waals surface area contributed by atoms with E-state index in [0.29, 0.717) is 18.0 Å². The van der Waals surface area contributed by atoms with Crippen LogP contribution in [0, 0.1) is 6.92 Å². The van der Waals surface area contributed by atoms with E-state index in [9.17, 15) is 4.79 Å². The second-order valence-electron chi connectivity index (χ2n) is 5.08. The monoisotopic (exact) mass is 362 g/mol. The molecule has 23 heavy (non-hydrogen) atoms. The zero-order chi connectivity index (χ0) is 16.2. The summed E-state index contributed by atoms with van der Waals surface area (Å²) < 4.78 is 0. The topological polar surface area (TPSA) is 42.0 Å². The largest absolute Gasteiger partial charge is 0.351 e. The van der Waals surface area contributed by atoms with Crippen LogP contribution in [0.15, 0.2) is 41.8 Å². The van der Waals surface area contributed by atoms with Gasteiger partial charge in [0.1, 0.15) is 5.01 Å². The molecule has 0 saturated heterocycles. The molecule has 1 aromatic carbocycles. The fourth-order valence-corrected chi connectivity index (χ4v) is 4.05. The maximum Gasteiger partial charge on any atom is 0.224 e. The Morgan fingerprint density at radius 1 is 1.26 bits per heavy atom. The second kappa shape index (κ2) is 7.25. The van der Waals surface area contributed by atoms with Crippen LogP contribution in [-0.4, -0.2) is 10.9 Å². The highest BCUT2D eigenvalue weighted by atomic mass is 35.5. The first kappa shape index (κ1) is 16.2. The maximum absolute atomic E-state index is 12.1. The molecule has 0 saturated carbocycles. The van der Waals surface area contributed by atoms with Gasteiger partial charge in [-0.1, -0.05) is 29.8 Å². The van der Waals surface area contributed by atoms with Gasteiger partial charge in [-0.25, -0.2) is 4.98 Å². The van der Waals surface area contributed by atoms with Gasteiger partial charge in [0.2, 0.25) is 5.91 Å². The average molecular weight is 363 g/mol. The van der Waals surface area contributed by atoms with Crippen molar-refractivity contribution in [2.75, 3.05) is 0 Å². The maximum atomic E-state index is 12.1. The Bertz CT molecular complexity index is 795. The number of hydrogen-bond acceptors (Lipinski definition) is 4. The summed E-state index contributed by atoms with van der Waals surface area (Å²) in [6.07, 6.45) is 0.354. The predicted molar refractivity (Wildman–Crippen MR) is 97.2 cm³/mol.